The monoisotopic (exact) mass is 176 g/mol. The van der Waals surface area contributed by atoms with Crippen molar-refractivity contribution in [1.29, 1.82) is 0 Å². The molecule has 0 aliphatic rings. The third-order valence-corrected chi connectivity index (χ3v) is 2.07. The van der Waals surface area contributed by atoms with Crippen LogP contribution in [0.3, 0.4) is 0 Å². The lowest BCUT2D eigenvalue weighted by Gasteiger charge is -1.93. The second-order valence-electron chi connectivity index (χ2n) is 1.98. The van der Waals surface area contributed by atoms with E-state index < -0.39 is 10.1 Å². The average Bonchev–Trinajstić information content (AvgIpc) is 1.87. The summed E-state index contributed by atoms with van der Waals surface area (Å²) in [5.74, 6) is 0. The predicted octanol–water partition coefficient (Wildman–Crippen LogP) is 1.74. The fourth-order valence-electron chi connectivity index (χ4n) is 0.565. The van der Waals surface area contributed by atoms with E-state index in [1.54, 1.807) is 13.0 Å². The topological polar surface area (TPSA) is 54.4 Å². The molecule has 3 nitrogen and oxygen atoms in total. The van der Waals surface area contributed by atoms with E-state index in [0.717, 1.165) is 6.42 Å². The van der Waals surface area contributed by atoms with Crippen LogP contribution in [0.2, 0.25) is 0 Å². The van der Waals surface area contributed by atoms with Crippen LogP contribution in [0.4, 0.5) is 0 Å². The fraction of sp³-hybridized carbons (Fsp3) is 0.429. The highest BCUT2D eigenvalue weighted by atomic mass is 32.2. The predicted molar refractivity (Wildman–Crippen MR) is 44.7 cm³/mol. The highest BCUT2D eigenvalue weighted by Crippen LogP contribution is 2.05. The second kappa shape index (κ2) is 4.31. The second-order valence-corrected chi connectivity index (χ2v) is 3.40. The maximum Gasteiger partial charge on any atom is 0.294 e. The molecule has 0 amide bonds. The zero-order chi connectivity index (χ0) is 8.91. The van der Waals surface area contributed by atoms with Gasteiger partial charge in [0.2, 0.25) is 0 Å². The largest absolute Gasteiger partial charge is 0.294 e. The van der Waals surface area contributed by atoms with E-state index in [0.29, 0.717) is 0 Å². The molecule has 0 spiro atoms. The van der Waals surface area contributed by atoms with Crippen molar-refractivity contribution in [2.45, 2.75) is 20.3 Å². The average molecular weight is 176 g/mol. The number of hydrogen-bond donors (Lipinski definition) is 1. The lowest BCUT2D eigenvalue weighted by molar-refractivity contribution is 0.492. The standard InChI is InChI=1S/C7H12O3S/c1-3-5-6-7(4-2)11(8,9)10/h4-6H,3H2,1-2H3,(H,8,9,10)/b6-5+,7-4+. The van der Waals surface area contributed by atoms with Gasteiger partial charge in [-0.1, -0.05) is 19.1 Å². The molecule has 0 aromatic heterocycles. The number of rotatable bonds is 3. The van der Waals surface area contributed by atoms with Crippen molar-refractivity contribution < 1.29 is 13.0 Å². The van der Waals surface area contributed by atoms with Crippen molar-refractivity contribution in [1.82, 2.24) is 0 Å². The SMILES string of the molecule is C/C=C(\C=C\CC)S(=O)(=O)O. The van der Waals surface area contributed by atoms with Crippen molar-refractivity contribution in [3.8, 4) is 0 Å². The lowest BCUT2D eigenvalue weighted by atomic mass is 10.4. The molecule has 0 aromatic rings. The third kappa shape index (κ3) is 3.95. The van der Waals surface area contributed by atoms with Crippen LogP contribution in [0.15, 0.2) is 23.1 Å². The third-order valence-electron chi connectivity index (χ3n) is 1.10. The Morgan fingerprint density at radius 3 is 2.36 bits per heavy atom. The Balaban J connectivity index is 4.61. The first-order valence-electron chi connectivity index (χ1n) is 3.32. The maximum atomic E-state index is 10.5. The van der Waals surface area contributed by atoms with Gasteiger partial charge in [0, 0.05) is 0 Å². The first-order chi connectivity index (χ1) is 5.02. The van der Waals surface area contributed by atoms with Gasteiger partial charge >= 0.3 is 0 Å². The molecule has 0 aromatic carbocycles. The zero-order valence-electron chi connectivity index (χ0n) is 6.61. The Morgan fingerprint density at radius 1 is 1.55 bits per heavy atom. The van der Waals surface area contributed by atoms with Gasteiger partial charge in [-0.2, -0.15) is 8.42 Å². The van der Waals surface area contributed by atoms with Crippen LogP contribution in [-0.4, -0.2) is 13.0 Å². The van der Waals surface area contributed by atoms with Crippen molar-refractivity contribution in [2.24, 2.45) is 0 Å². The van der Waals surface area contributed by atoms with Gasteiger partial charge in [0.25, 0.3) is 10.1 Å². The van der Waals surface area contributed by atoms with Crippen molar-refractivity contribution in [2.75, 3.05) is 0 Å². The molecule has 0 bridgehead atoms. The van der Waals surface area contributed by atoms with Crippen LogP contribution in [0, 0.1) is 0 Å². The minimum atomic E-state index is -4.01. The molecule has 0 atom stereocenters. The molecule has 0 aliphatic carbocycles. The summed E-state index contributed by atoms with van der Waals surface area (Å²) < 4.78 is 29.6. The Bertz CT molecular complexity index is 259. The summed E-state index contributed by atoms with van der Waals surface area (Å²) in [5, 5.41) is 0. The van der Waals surface area contributed by atoms with Crippen LogP contribution in [-0.2, 0) is 10.1 Å². The van der Waals surface area contributed by atoms with Gasteiger partial charge in [0.05, 0.1) is 4.91 Å². The van der Waals surface area contributed by atoms with E-state index in [1.165, 1.54) is 12.2 Å². The van der Waals surface area contributed by atoms with E-state index in [1.807, 2.05) is 6.92 Å². The van der Waals surface area contributed by atoms with Gasteiger partial charge in [0.15, 0.2) is 0 Å². The summed E-state index contributed by atoms with van der Waals surface area (Å²) in [5.41, 5.74) is 0. The summed E-state index contributed by atoms with van der Waals surface area (Å²) in [6.07, 6.45) is 5.15. The molecule has 0 radical (unpaired) electrons. The molecule has 1 N–H and O–H groups in total. The van der Waals surface area contributed by atoms with Crippen LogP contribution < -0.4 is 0 Å². The first-order valence-corrected chi connectivity index (χ1v) is 4.76. The van der Waals surface area contributed by atoms with Crippen LogP contribution >= 0.6 is 0 Å². The normalized spacial score (nSPS) is 14.3. The molecule has 0 aliphatic heterocycles. The van der Waals surface area contributed by atoms with Crippen molar-refractivity contribution >= 4 is 10.1 Å². The minimum Gasteiger partial charge on any atom is -0.282 e. The molecular formula is C7H12O3S. The van der Waals surface area contributed by atoms with Crippen LogP contribution in [0.25, 0.3) is 0 Å². The van der Waals surface area contributed by atoms with E-state index >= 15 is 0 Å². The Morgan fingerprint density at radius 2 is 2.09 bits per heavy atom. The summed E-state index contributed by atoms with van der Waals surface area (Å²) in [4.78, 5) is -0.0562. The smallest absolute Gasteiger partial charge is 0.282 e. The van der Waals surface area contributed by atoms with Crippen molar-refractivity contribution in [3.05, 3.63) is 23.1 Å². The summed E-state index contributed by atoms with van der Waals surface area (Å²) in [7, 11) is -4.01. The van der Waals surface area contributed by atoms with E-state index in [4.69, 9.17) is 4.55 Å². The van der Waals surface area contributed by atoms with Gasteiger partial charge in [0.1, 0.15) is 0 Å². The van der Waals surface area contributed by atoms with E-state index in [9.17, 15) is 8.42 Å². The van der Waals surface area contributed by atoms with Gasteiger partial charge in [-0.25, -0.2) is 0 Å². The van der Waals surface area contributed by atoms with Gasteiger partial charge in [-0.05, 0) is 19.4 Å². The van der Waals surface area contributed by atoms with Crippen molar-refractivity contribution in [3.63, 3.8) is 0 Å². The molecule has 11 heavy (non-hydrogen) atoms. The summed E-state index contributed by atoms with van der Waals surface area (Å²) in [6.45, 7) is 3.44. The minimum absolute atomic E-state index is 0.0562. The molecule has 0 unspecified atom stereocenters. The van der Waals surface area contributed by atoms with Gasteiger partial charge in [-0.15, -0.1) is 0 Å². The first kappa shape index (κ1) is 10.4. The Kier molecular flexibility index (Phi) is 4.07. The van der Waals surface area contributed by atoms with Crippen LogP contribution in [0.1, 0.15) is 20.3 Å². The Hall–Kier alpha value is -0.610. The van der Waals surface area contributed by atoms with Gasteiger partial charge < -0.3 is 0 Å². The molecule has 64 valence electrons. The lowest BCUT2D eigenvalue weighted by Crippen LogP contribution is -1.98. The zero-order valence-corrected chi connectivity index (χ0v) is 7.43. The van der Waals surface area contributed by atoms with E-state index in [-0.39, 0.29) is 4.91 Å². The van der Waals surface area contributed by atoms with E-state index in [2.05, 4.69) is 0 Å². The molecule has 0 rings (SSSR count). The van der Waals surface area contributed by atoms with Gasteiger partial charge in [-0.3, -0.25) is 4.55 Å². The number of hydrogen-bond acceptors (Lipinski definition) is 2. The van der Waals surface area contributed by atoms with Crippen LogP contribution in [0.5, 0.6) is 0 Å². The molecule has 0 fully saturated rings. The molecule has 0 saturated heterocycles. The molecular weight excluding hydrogens is 164 g/mol. The molecule has 0 heterocycles. The summed E-state index contributed by atoms with van der Waals surface area (Å²) in [6, 6.07) is 0. The quantitative estimate of drug-likeness (QED) is 0.526. The fourth-order valence-corrected chi connectivity index (χ4v) is 1.13. The molecule has 4 heteroatoms. The summed E-state index contributed by atoms with van der Waals surface area (Å²) >= 11 is 0. The Labute approximate surface area is 67.2 Å². The maximum absolute atomic E-state index is 10.5. The highest BCUT2D eigenvalue weighted by Gasteiger charge is 2.07. The molecule has 0 saturated carbocycles. The highest BCUT2D eigenvalue weighted by molar-refractivity contribution is 7.90. The number of allylic oxidation sites excluding steroid dienone is 3.